The second kappa shape index (κ2) is 8.18. The first-order valence-electron chi connectivity index (χ1n) is 6.32. The summed E-state index contributed by atoms with van der Waals surface area (Å²) < 4.78 is 1.18. The summed E-state index contributed by atoms with van der Waals surface area (Å²) in [5, 5.41) is 0.890. The second-order valence-corrected chi connectivity index (χ2v) is 6.06. The van der Waals surface area contributed by atoms with E-state index in [0.29, 0.717) is 0 Å². The predicted octanol–water partition coefficient (Wildman–Crippen LogP) is 4.12. The van der Waals surface area contributed by atoms with Gasteiger partial charge in [0.15, 0.2) is 0 Å². The molecule has 102 valence electrons. The average Bonchev–Trinajstić information content (AvgIpc) is 2.34. The molecule has 0 amide bonds. The van der Waals surface area contributed by atoms with Crippen molar-refractivity contribution in [1.29, 1.82) is 0 Å². The Morgan fingerprint density at radius 1 is 1.17 bits per heavy atom. The average molecular weight is 378 g/mol. The van der Waals surface area contributed by atoms with Crippen molar-refractivity contribution in [1.82, 2.24) is 4.90 Å². The molecule has 0 aromatic heterocycles. The minimum absolute atomic E-state index is 0.890. The highest BCUT2D eigenvalue weighted by atomic mass is 79.9. The van der Waals surface area contributed by atoms with E-state index in [1.807, 2.05) is 0 Å². The van der Waals surface area contributed by atoms with Crippen LogP contribution in [0.25, 0.3) is 0 Å². The maximum atomic E-state index is 3.63. The number of nitrogens with zero attached hydrogens (tertiary/aromatic N) is 2. The number of alkyl halides is 1. The molecule has 0 radical (unpaired) electrons. The molecule has 0 bridgehead atoms. The number of hydrogen-bond acceptors (Lipinski definition) is 2. The molecule has 0 spiro atoms. The van der Waals surface area contributed by atoms with Crippen LogP contribution in [0.4, 0.5) is 5.69 Å². The van der Waals surface area contributed by atoms with Crippen molar-refractivity contribution in [2.24, 2.45) is 0 Å². The SMILES string of the molecule is CCN(CCCN(C)C)c1ccc(CBr)c(Br)c1. The Kier molecular flexibility index (Phi) is 7.27. The Hall–Kier alpha value is -0.0600. The molecule has 1 aromatic rings. The zero-order chi connectivity index (χ0) is 13.5. The number of anilines is 1. The number of benzene rings is 1. The Bertz CT molecular complexity index is 367. The molecule has 0 heterocycles. The van der Waals surface area contributed by atoms with Gasteiger partial charge in [-0.2, -0.15) is 0 Å². The molecule has 2 nitrogen and oxygen atoms in total. The van der Waals surface area contributed by atoms with Gasteiger partial charge >= 0.3 is 0 Å². The summed E-state index contributed by atoms with van der Waals surface area (Å²) in [7, 11) is 4.25. The zero-order valence-electron chi connectivity index (χ0n) is 11.4. The summed E-state index contributed by atoms with van der Waals surface area (Å²) in [4.78, 5) is 4.66. The number of hydrogen-bond donors (Lipinski definition) is 0. The maximum Gasteiger partial charge on any atom is 0.0377 e. The topological polar surface area (TPSA) is 6.48 Å². The highest BCUT2D eigenvalue weighted by molar-refractivity contribution is 9.10. The Labute approximate surface area is 128 Å². The van der Waals surface area contributed by atoms with Gasteiger partial charge in [0.05, 0.1) is 0 Å². The number of rotatable bonds is 7. The first kappa shape index (κ1) is 16.0. The molecule has 1 aromatic carbocycles. The lowest BCUT2D eigenvalue weighted by atomic mass is 10.2. The fraction of sp³-hybridized carbons (Fsp3) is 0.571. The Balaban J connectivity index is 2.67. The van der Waals surface area contributed by atoms with Crippen molar-refractivity contribution >= 4 is 37.5 Å². The highest BCUT2D eigenvalue weighted by Crippen LogP contribution is 2.25. The molecule has 0 aliphatic heterocycles. The van der Waals surface area contributed by atoms with Crippen molar-refractivity contribution in [2.75, 3.05) is 38.6 Å². The Morgan fingerprint density at radius 3 is 2.39 bits per heavy atom. The predicted molar refractivity (Wildman–Crippen MR) is 87.8 cm³/mol. The van der Waals surface area contributed by atoms with Gasteiger partial charge in [-0.3, -0.25) is 0 Å². The van der Waals surface area contributed by atoms with E-state index in [2.05, 4.69) is 80.9 Å². The van der Waals surface area contributed by atoms with Gasteiger partial charge in [0.1, 0.15) is 0 Å². The van der Waals surface area contributed by atoms with E-state index in [1.54, 1.807) is 0 Å². The molecule has 0 N–H and O–H groups in total. The van der Waals surface area contributed by atoms with Crippen molar-refractivity contribution in [3.63, 3.8) is 0 Å². The molecule has 0 unspecified atom stereocenters. The third-order valence-corrected chi connectivity index (χ3v) is 4.30. The van der Waals surface area contributed by atoms with Crippen LogP contribution in [0.1, 0.15) is 18.9 Å². The van der Waals surface area contributed by atoms with E-state index in [1.165, 1.54) is 22.1 Å². The van der Waals surface area contributed by atoms with Crippen molar-refractivity contribution < 1.29 is 0 Å². The highest BCUT2D eigenvalue weighted by Gasteiger charge is 2.07. The fourth-order valence-corrected chi connectivity index (χ4v) is 3.26. The van der Waals surface area contributed by atoms with E-state index in [0.717, 1.165) is 25.0 Å². The minimum atomic E-state index is 0.890. The summed E-state index contributed by atoms with van der Waals surface area (Å²) >= 11 is 7.13. The van der Waals surface area contributed by atoms with E-state index < -0.39 is 0 Å². The van der Waals surface area contributed by atoms with E-state index in [4.69, 9.17) is 0 Å². The standard InChI is InChI=1S/C14H22Br2N2/c1-4-18(9-5-8-17(2)3)13-7-6-12(11-15)14(16)10-13/h6-7,10H,4-5,8-9,11H2,1-3H3. The number of halogens is 2. The van der Waals surface area contributed by atoms with Gasteiger partial charge in [-0.25, -0.2) is 0 Å². The van der Waals surface area contributed by atoms with Gasteiger partial charge in [0.2, 0.25) is 0 Å². The van der Waals surface area contributed by atoms with Crippen LogP contribution in [0, 0.1) is 0 Å². The molecule has 4 heteroatoms. The van der Waals surface area contributed by atoms with Crippen molar-refractivity contribution in [3.8, 4) is 0 Å². The molecule has 0 atom stereocenters. The first-order chi connectivity index (χ1) is 8.58. The molecule has 0 aliphatic rings. The van der Waals surface area contributed by atoms with Gasteiger partial charge in [0, 0.05) is 28.6 Å². The minimum Gasteiger partial charge on any atom is -0.372 e. The molecular weight excluding hydrogens is 356 g/mol. The summed E-state index contributed by atoms with van der Waals surface area (Å²) in [5.74, 6) is 0. The summed E-state index contributed by atoms with van der Waals surface area (Å²) in [6.45, 7) is 5.50. The van der Waals surface area contributed by atoms with Crippen LogP contribution in [-0.4, -0.2) is 38.6 Å². The molecule has 0 saturated heterocycles. The van der Waals surface area contributed by atoms with E-state index in [-0.39, 0.29) is 0 Å². The van der Waals surface area contributed by atoms with Crippen LogP contribution in [0.2, 0.25) is 0 Å². The van der Waals surface area contributed by atoms with Crippen LogP contribution >= 0.6 is 31.9 Å². The normalized spacial score (nSPS) is 11.0. The van der Waals surface area contributed by atoms with Gasteiger partial charge < -0.3 is 9.80 Å². The fourth-order valence-electron chi connectivity index (χ4n) is 1.89. The first-order valence-corrected chi connectivity index (χ1v) is 8.24. The summed E-state index contributed by atoms with van der Waals surface area (Å²) in [5.41, 5.74) is 2.59. The Morgan fingerprint density at radius 2 is 1.89 bits per heavy atom. The van der Waals surface area contributed by atoms with Crippen molar-refractivity contribution in [2.45, 2.75) is 18.7 Å². The molecule has 1 rings (SSSR count). The van der Waals surface area contributed by atoms with Crippen LogP contribution in [-0.2, 0) is 5.33 Å². The third-order valence-electron chi connectivity index (χ3n) is 2.96. The van der Waals surface area contributed by atoms with Crippen LogP contribution in [0.15, 0.2) is 22.7 Å². The van der Waals surface area contributed by atoms with Crippen LogP contribution in [0.5, 0.6) is 0 Å². The molecule has 18 heavy (non-hydrogen) atoms. The van der Waals surface area contributed by atoms with E-state index >= 15 is 0 Å². The quantitative estimate of drug-likeness (QED) is 0.659. The maximum absolute atomic E-state index is 3.63. The largest absolute Gasteiger partial charge is 0.372 e. The lowest BCUT2D eigenvalue weighted by molar-refractivity contribution is 0.400. The van der Waals surface area contributed by atoms with Gasteiger partial charge in [-0.05, 0) is 51.7 Å². The molecule has 0 aliphatic carbocycles. The summed E-state index contributed by atoms with van der Waals surface area (Å²) in [6.07, 6.45) is 1.19. The zero-order valence-corrected chi connectivity index (χ0v) is 14.6. The lowest BCUT2D eigenvalue weighted by Gasteiger charge is -2.24. The second-order valence-electron chi connectivity index (χ2n) is 4.65. The monoisotopic (exact) mass is 376 g/mol. The van der Waals surface area contributed by atoms with Gasteiger partial charge in [0.25, 0.3) is 0 Å². The summed E-state index contributed by atoms with van der Waals surface area (Å²) in [6, 6.07) is 6.61. The third kappa shape index (κ3) is 4.90. The molecule has 0 saturated carbocycles. The molecule has 0 fully saturated rings. The smallest absolute Gasteiger partial charge is 0.0377 e. The lowest BCUT2D eigenvalue weighted by Crippen LogP contribution is -2.27. The molecular formula is C14H22Br2N2. The van der Waals surface area contributed by atoms with Gasteiger partial charge in [-0.1, -0.05) is 37.9 Å². The van der Waals surface area contributed by atoms with Crippen LogP contribution < -0.4 is 4.90 Å². The van der Waals surface area contributed by atoms with E-state index in [9.17, 15) is 0 Å². The van der Waals surface area contributed by atoms with Gasteiger partial charge in [-0.15, -0.1) is 0 Å². The van der Waals surface area contributed by atoms with Crippen molar-refractivity contribution in [3.05, 3.63) is 28.2 Å². The van der Waals surface area contributed by atoms with Crippen LogP contribution in [0.3, 0.4) is 0 Å².